The van der Waals surface area contributed by atoms with E-state index in [-0.39, 0.29) is 17.1 Å². The Labute approximate surface area is 160 Å². The third kappa shape index (κ3) is 5.16. The van der Waals surface area contributed by atoms with Gasteiger partial charge in [0.1, 0.15) is 0 Å². The van der Waals surface area contributed by atoms with Gasteiger partial charge in [-0.2, -0.15) is 0 Å². The molecule has 6 nitrogen and oxygen atoms in total. The molecule has 0 aromatic heterocycles. The second-order valence-corrected chi connectivity index (χ2v) is 7.74. The average Bonchev–Trinajstić information content (AvgIpc) is 2.72. The molecule has 0 atom stereocenters. The molecule has 1 N–H and O–H groups in total. The lowest BCUT2D eigenvalue weighted by Gasteiger charge is -2.48. The lowest BCUT2D eigenvalue weighted by atomic mass is 9.79. The first-order chi connectivity index (χ1) is 13.1. The Morgan fingerprint density at radius 2 is 1.85 bits per heavy atom. The molecule has 0 bridgehead atoms. The van der Waals surface area contributed by atoms with Crippen molar-refractivity contribution in [2.45, 2.75) is 56.9 Å². The Hall–Kier alpha value is -2.21. The van der Waals surface area contributed by atoms with Crippen LogP contribution >= 0.6 is 0 Å². The van der Waals surface area contributed by atoms with E-state index in [9.17, 15) is 14.9 Å². The minimum atomic E-state index is -0.428. The number of nitrogens with zero attached hydrogens (tertiary/aromatic N) is 2. The second-order valence-electron chi connectivity index (χ2n) is 7.74. The number of carbonyl (C=O) groups excluding carboxylic acids is 1. The van der Waals surface area contributed by atoms with Gasteiger partial charge < -0.3 is 5.32 Å². The van der Waals surface area contributed by atoms with Gasteiger partial charge in [-0.15, -0.1) is 0 Å². The van der Waals surface area contributed by atoms with Crippen molar-refractivity contribution in [1.29, 1.82) is 0 Å². The first-order valence-electron chi connectivity index (χ1n) is 10.0. The molecule has 1 aliphatic heterocycles. The molecule has 1 aromatic carbocycles. The van der Waals surface area contributed by atoms with Crippen LogP contribution < -0.4 is 5.32 Å². The van der Waals surface area contributed by atoms with Crippen LogP contribution in [0.2, 0.25) is 0 Å². The van der Waals surface area contributed by atoms with Crippen molar-refractivity contribution in [1.82, 2.24) is 10.2 Å². The Morgan fingerprint density at radius 3 is 2.56 bits per heavy atom. The molecule has 1 amide bonds. The minimum Gasteiger partial charge on any atom is -0.351 e. The van der Waals surface area contributed by atoms with Gasteiger partial charge in [-0.25, -0.2) is 0 Å². The van der Waals surface area contributed by atoms with Crippen LogP contribution in [0.5, 0.6) is 0 Å². The van der Waals surface area contributed by atoms with Crippen molar-refractivity contribution < 1.29 is 9.72 Å². The van der Waals surface area contributed by atoms with Gasteiger partial charge in [0.15, 0.2) is 0 Å². The quantitative estimate of drug-likeness (QED) is 0.467. The minimum absolute atomic E-state index is 0.0313. The van der Waals surface area contributed by atoms with Gasteiger partial charge in [-0.05, 0) is 50.4 Å². The van der Waals surface area contributed by atoms with Crippen molar-refractivity contribution in [2.75, 3.05) is 19.6 Å². The summed E-state index contributed by atoms with van der Waals surface area (Å²) in [7, 11) is 0. The highest BCUT2D eigenvalue weighted by Gasteiger charge is 2.38. The predicted molar refractivity (Wildman–Crippen MR) is 106 cm³/mol. The summed E-state index contributed by atoms with van der Waals surface area (Å²) in [4.78, 5) is 25.4. The van der Waals surface area contributed by atoms with E-state index in [1.54, 1.807) is 18.2 Å². The Balaban J connectivity index is 1.60. The number of nitro groups is 1. The molecule has 2 fully saturated rings. The summed E-state index contributed by atoms with van der Waals surface area (Å²) in [6.07, 6.45) is 13.0. The van der Waals surface area contributed by atoms with Crippen LogP contribution in [0, 0.1) is 10.1 Å². The number of nitro benzene ring substituents is 1. The van der Waals surface area contributed by atoms with Gasteiger partial charge in [0, 0.05) is 30.3 Å². The largest absolute Gasteiger partial charge is 0.351 e. The molecule has 146 valence electrons. The standard InChI is InChI=1S/C21H29N3O3/c25-20(11-10-18-8-7-9-19(16-18)24(26)27)22-17-21(12-3-1-4-13-21)23-14-5-2-6-15-23/h7-11,16H,1-6,12-15,17H2,(H,22,25)/b11-10+. The average molecular weight is 371 g/mol. The highest BCUT2D eigenvalue weighted by atomic mass is 16.6. The van der Waals surface area contributed by atoms with E-state index in [1.807, 2.05) is 0 Å². The van der Waals surface area contributed by atoms with Gasteiger partial charge in [0.05, 0.1) is 4.92 Å². The summed E-state index contributed by atoms with van der Waals surface area (Å²) in [6.45, 7) is 2.96. The number of hydrogen-bond donors (Lipinski definition) is 1. The SMILES string of the molecule is O=C(/C=C/c1cccc([N+](=O)[O-])c1)NCC1(N2CCCCC2)CCCCC1. The highest BCUT2D eigenvalue weighted by Crippen LogP contribution is 2.35. The fraction of sp³-hybridized carbons (Fsp3) is 0.571. The normalized spacial score (nSPS) is 20.4. The lowest BCUT2D eigenvalue weighted by molar-refractivity contribution is -0.384. The Morgan fingerprint density at radius 1 is 1.15 bits per heavy atom. The number of likely N-dealkylation sites (tertiary alicyclic amines) is 1. The first kappa shape index (κ1) is 19.5. The molecule has 27 heavy (non-hydrogen) atoms. The molecule has 1 heterocycles. The van der Waals surface area contributed by atoms with Crippen LogP contribution in [-0.4, -0.2) is 40.9 Å². The molecule has 0 unspecified atom stereocenters. The first-order valence-corrected chi connectivity index (χ1v) is 10.0. The zero-order chi connectivity index (χ0) is 19.1. The number of amides is 1. The molecular formula is C21H29N3O3. The number of piperidine rings is 1. The topological polar surface area (TPSA) is 75.5 Å². The van der Waals surface area contributed by atoms with Gasteiger partial charge in [-0.1, -0.05) is 37.8 Å². The zero-order valence-corrected chi connectivity index (χ0v) is 15.9. The fourth-order valence-electron chi connectivity index (χ4n) is 4.41. The van der Waals surface area contributed by atoms with Crippen molar-refractivity contribution in [3.05, 3.63) is 46.0 Å². The van der Waals surface area contributed by atoms with E-state index in [4.69, 9.17) is 0 Å². The number of nitrogens with one attached hydrogen (secondary N) is 1. The lowest BCUT2D eigenvalue weighted by Crippen LogP contribution is -2.58. The Kier molecular flexibility index (Phi) is 6.61. The number of carbonyl (C=O) groups is 1. The van der Waals surface area contributed by atoms with E-state index < -0.39 is 4.92 Å². The van der Waals surface area contributed by atoms with Crippen molar-refractivity contribution in [3.63, 3.8) is 0 Å². The molecular weight excluding hydrogens is 342 g/mol. The van der Waals surface area contributed by atoms with Crippen molar-refractivity contribution in [2.24, 2.45) is 0 Å². The summed E-state index contributed by atoms with van der Waals surface area (Å²) in [5.74, 6) is -0.136. The highest BCUT2D eigenvalue weighted by molar-refractivity contribution is 5.91. The van der Waals surface area contributed by atoms with E-state index in [2.05, 4.69) is 10.2 Å². The summed E-state index contributed by atoms with van der Waals surface area (Å²) in [5.41, 5.74) is 0.792. The number of non-ortho nitro benzene ring substituents is 1. The van der Waals surface area contributed by atoms with E-state index >= 15 is 0 Å². The van der Waals surface area contributed by atoms with Crippen LogP contribution in [0.15, 0.2) is 30.3 Å². The van der Waals surface area contributed by atoms with Gasteiger partial charge in [0.2, 0.25) is 5.91 Å². The van der Waals surface area contributed by atoms with Gasteiger partial charge in [0.25, 0.3) is 5.69 Å². The van der Waals surface area contributed by atoms with Crippen LogP contribution in [0.1, 0.15) is 56.9 Å². The molecule has 0 radical (unpaired) electrons. The van der Waals surface area contributed by atoms with E-state index in [0.717, 1.165) is 25.9 Å². The molecule has 6 heteroatoms. The third-order valence-corrected chi connectivity index (χ3v) is 5.91. The van der Waals surface area contributed by atoms with Crippen molar-refractivity contribution in [3.8, 4) is 0 Å². The molecule has 2 aliphatic rings. The number of rotatable bonds is 6. The molecule has 0 spiro atoms. The summed E-state index contributed by atoms with van der Waals surface area (Å²) in [5, 5.41) is 13.9. The monoisotopic (exact) mass is 371 g/mol. The van der Waals surface area contributed by atoms with Crippen LogP contribution in [-0.2, 0) is 4.79 Å². The maximum Gasteiger partial charge on any atom is 0.270 e. The second kappa shape index (κ2) is 9.13. The predicted octanol–water partition coefficient (Wildman–Crippen LogP) is 3.91. The van der Waals surface area contributed by atoms with Crippen LogP contribution in [0.25, 0.3) is 6.08 Å². The van der Waals surface area contributed by atoms with E-state index in [1.165, 1.54) is 56.7 Å². The zero-order valence-electron chi connectivity index (χ0n) is 15.9. The number of hydrogen-bond acceptors (Lipinski definition) is 4. The molecule has 3 rings (SSSR count). The van der Waals surface area contributed by atoms with Gasteiger partial charge >= 0.3 is 0 Å². The third-order valence-electron chi connectivity index (χ3n) is 5.91. The maximum absolute atomic E-state index is 12.4. The molecule has 1 saturated carbocycles. The molecule has 1 aliphatic carbocycles. The van der Waals surface area contributed by atoms with Crippen molar-refractivity contribution >= 4 is 17.7 Å². The smallest absolute Gasteiger partial charge is 0.270 e. The fourth-order valence-corrected chi connectivity index (χ4v) is 4.41. The Bertz CT molecular complexity index is 690. The summed E-state index contributed by atoms with van der Waals surface area (Å²) < 4.78 is 0. The number of benzene rings is 1. The van der Waals surface area contributed by atoms with Crippen LogP contribution in [0.4, 0.5) is 5.69 Å². The maximum atomic E-state index is 12.4. The van der Waals surface area contributed by atoms with Gasteiger partial charge in [-0.3, -0.25) is 19.8 Å². The van der Waals surface area contributed by atoms with E-state index in [0.29, 0.717) is 12.1 Å². The summed E-state index contributed by atoms with van der Waals surface area (Å²) in [6, 6.07) is 6.30. The summed E-state index contributed by atoms with van der Waals surface area (Å²) >= 11 is 0. The molecule has 1 aromatic rings. The molecule has 1 saturated heterocycles. The van der Waals surface area contributed by atoms with Crippen LogP contribution in [0.3, 0.4) is 0 Å².